The molecule has 0 fully saturated rings. The lowest BCUT2D eigenvalue weighted by molar-refractivity contribution is -0.144. The largest absolute Gasteiger partial charge is 0.454 e. The van der Waals surface area contributed by atoms with Crippen LogP contribution >= 0.6 is 0 Å². The lowest BCUT2D eigenvalue weighted by Crippen LogP contribution is -2.47. The number of allylic oxidation sites excluding steroid dienone is 11. The monoisotopic (exact) mass is 772 g/mol. The summed E-state index contributed by atoms with van der Waals surface area (Å²) >= 11 is 0. The van der Waals surface area contributed by atoms with Gasteiger partial charge in [0.15, 0.2) is 0 Å². The first kappa shape index (κ1) is 47.9. The highest BCUT2D eigenvalue weighted by Crippen LogP contribution is 2.21. The molecule has 0 saturated carbocycles. The third-order valence-electron chi connectivity index (χ3n) is 8.37. The smallest absolute Gasteiger partial charge is 0.397 e. The fraction of sp³-hybridized carbons (Fsp3) is 0.488. The van der Waals surface area contributed by atoms with Crippen molar-refractivity contribution in [1.82, 2.24) is 10.6 Å². The molecule has 0 aromatic carbocycles. The van der Waals surface area contributed by atoms with Gasteiger partial charge in [0.1, 0.15) is 12.1 Å². The summed E-state index contributed by atoms with van der Waals surface area (Å²) in [6.45, 7) is 12.7. The third-order valence-corrected chi connectivity index (χ3v) is 8.81. The van der Waals surface area contributed by atoms with Crippen molar-refractivity contribution in [2.24, 2.45) is 11.8 Å². The fourth-order valence-electron chi connectivity index (χ4n) is 5.19. The predicted molar refractivity (Wildman–Crippen MR) is 212 cm³/mol. The van der Waals surface area contributed by atoms with E-state index in [4.69, 9.17) is 18.8 Å². The van der Waals surface area contributed by atoms with Crippen molar-refractivity contribution in [3.8, 4) is 0 Å². The van der Waals surface area contributed by atoms with E-state index < -0.39 is 41.0 Å². The van der Waals surface area contributed by atoms with Gasteiger partial charge in [-0.2, -0.15) is 8.42 Å². The molecule has 300 valence electrons. The number of nitrogens with one attached hydrogen (secondary N) is 2. The Morgan fingerprint density at radius 3 is 2.33 bits per heavy atom. The molecule has 1 aliphatic rings. The first-order chi connectivity index (χ1) is 25.5. The van der Waals surface area contributed by atoms with Crippen LogP contribution in [0.3, 0.4) is 0 Å². The van der Waals surface area contributed by atoms with E-state index in [0.717, 1.165) is 30.4 Å². The van der Waals surface area contributed by atoms with Crippen LogP contribution in [0.5, 0.6) is 0 Å². The Bertz CT molecular complexity index is 1610. The Kier molecular flexibility index (Phi) is 22.9. The molecule has 1 heterocycles. The molecule has 1 aliphatic heterocycles. The van der Waals surface area contributed by atoms with Crippen molar-refractivity contribution in [1.29, 1.82) is 0 Å². The van der Waals surface area contributed by atoms with Crippen LogP contribution in [-0.2, 0) is 43.2 Å². The summed E-state index contributed by atoms with van der Waals surface area (Å²) in [5, 5.41) is 4.74. The van der Waals surface area contributed by atoms with Gasteiger partial charge in [-0.05, 0) is 65.4 Å². The van der Waals surface area contributed by atoms with Gasteiger partial charge in [-0.1, -0.05) is 110 Å². The molecule has 0 bridgehead atoms. The van der Waals surface area contributed by atoms with Gasteiger partial charge >= 0.3 is 16.4 Å². The summed E-state index contributed by atoms with van der Waals surface area (Å²) in [5.41, 5.74) is 4.14. The molecule has 0 radical (unpaired) electrons. The standard InChI is InChI=1S/C41H60N2O10S/c1-29-14-12-18-36(50-8)17-11-10-16-33(5)39(34(6)23-22-32(4)26-42-40(45)38(43-28-44)27-52-54(47,48)49)53-41(46)35(7)24-30(2)20-21-31(3)25-37(51-9)19-13-15-29/h10-11,13-17,20-25,28,30,33,36-39H,12,18-19,26-27H2,1-9H3,(H,42,45)(H,43,44)(H,47,48,49)/b15-13+,16-10+,17-11+,21-20+,29-14-,31-25+,32-22+,34-23+,35-24+/t30-,33+,36-,37+,38+,39+/m1/s1. The average Bonchev–Trinajstić information content (AvgIpc) is 3.11. The molecule has 54 heavy (non-hydrogen) atoms. The van der Waals surface area contributed by atoms with Crippen molar-refractivity contribution < 1.29 is 45.7 Å². The van der Waals surface area contributed by atoms with Crippen LogP contribution in [0.15, 0.2) is 107 Å². The molecule has 0 aromatic rings. The molecule has 0 aliphatic carbocycles. The molecule has 0 unspecified atom stereocenters. The summed E-state index contributed by atoms with van der Waals surface area (Å²) in [7, 11) is -1.43. The number of carbonyl (C=O) groups excluding carboxylic acids is 3. The lowest BCUT2D eigenvalue weighted by Gasteiger charge is -2.23. The lowest BCUT2D eigenvalue weighted by atomic mass is 9.96. The van der Waals surface area contributed by atoms with Crippen LogP contribution < -0.4 is 10.6 Å². The number of carbonyl (C=O) groups is 3. The zero-order chi connectivity index (χ0) is 40.7. The Hall–Kier alpha value is -4.14. The van der Waals surface area contributed by atoms with Crippen LogP contribution in [0.1, 0.15) is 67.7 Å². The molecule has 2 amide bonds. The second kappa shape index (κ2) is 25.8. The number of rotatable bonds is 12. The third kappa shape index (κ3) is 20.9. The van der Waals surface area contributed by atoms with Crippen molar-refractivity contribution in [2.45, 2.75) is 92.1 Å². The van der Waals surface area contributed by atoms with Crippen LogP contribution in [-0.4, -0.2) is 83.0 Å². The SMILES string of the molecule is CO[C@@H]1/C=C(C)/C=C/[C@@H](C)/C=C(\C)C(=O)O[C@H](/C(C)=C/C=C(\C)CNC(=O)[C@H](COS(=O)(=O)O)NC=O)[C@@H](C)/C=C/C=C/[C@@H](OC)CC/C=C(C)\C=C\C1. The quantitative estimate of drug-likeness (QED) is 0.0876. The van der Waals surface area contributed by atoms with E-state index in [9.17, 15) is 22.8 Å². The van der Waals surface area contributed by atoms with Gasteiger partial charge in [-0.3, -0.25) is 14.1 Å². The van der Waals surface area contributed by atoms with E-state index in [1.807, 2.05) is 70.2 Å². The maximum Gasteiger partial charge on any atom is 0.397 e. The second-order valence-electron chi connectivity index (χ2n) is 13.3. The number of cyclic esters (lactones) is 1. The van der Waals surface area contributed by atoms with Crippen molar-refractivity contribution in [3.05, 3.63) is 107 Å². The number of amides is 2. The molecule has 3 N–H and O–H groups in total. The van der Waals surface area contributed by atoms with Gasteiger partial charge < -0.3 is 24.8 Å². The molecular formula is C41H60N2O10S. The van der Waals surface area contributed by atoms with Gasteiger partial charge in [-0.25, -0.2) is 8.98 Å². The first-order valence-electron chi connectivity index (χ1n) is 17.9. The number of hydrogen-bond acceptors (Lipinski definition) is 9. The average molecular weight is 773 g/mol. The van der Waals surface area contributed by atoms with E-state index in [-0.39, 0.29) is 37.0 Å². The molecule has 0 spiro atoms. The predicted octanol–water partition coefficient (Wildman–Crippen LogP) is 6.39. The summed E-state index contributed by atoms with van der Waals surface area (Å²) in [4.78, 5) is 36.9. The summed E-state index contributed by atoms with van der Waals surface area (Å²) in [6, 6.07) is -1.35. The zero-order valence-electron chi connectivity index (χ0n) is 33.1. The fourth-order valence-corrected chi connectivity index (χ4v) is 5.50. The Morgan fingerprint density at radius 1 is 1.00 bits per heavy atom. The van der Waals surface area contributed by atoms with Crippen LogP contribution in [0, 0.1) is 11.8 Å². The summed E-state index contributed by atoms with van der Waals surface area (Å²) < 4.78 is 52.3. The Balaban J connectivity index is 3.38. The molecule has 1 rings (SSSR count). The van der Waals surface area contributed by atoms with Gasteiger partial charge in [0, 0.05) is 32.3 Å². The minimum Gasteiger partial charge on any atom is -0.454 e. The van der Waals surface area contributed by atoms with E-state index in [1.54, 1.807) is 40.2 Å². The second-order valence-corrected chi connectivity index (χ2v) is 14.4. The number of methoxy groups -OCH3 is 2. The minimum absolute atomic E-state index is 0.0480. The van der Waals surface area contributed by atoms with Crippen LogP contribution in [0.25, 0.3) is 0 Å². The summed E-state index contributed by atoms with van der Waals surface area (Å²) in [5.74, 6) is -1.44. The maximum absolute atomic E-state index is 13.4. The van der Waals surface area contributed by atoms with Gasteiger partial charge in [0.25, 0.3) is 0 Å². The molecule has 12 nitrogen and oxygen atoms in total. The number of hydrogen-bond donors (Lipinski definition) is 3. The minimum atomic E-state index is -4.81. The topological polar surface area (TPSA) is 167 Å². The normalized spacial score (nSPS) is 29.3. The van der Waals surface area contributed by atoms with E-state index in [2.05, 4.69) is 46.0 Å². The Morgan fingerprint density at radius 2 is 1.69 bits per heavy atom. The molecule has 6 atom stereocenters. The molecule has 0 aromatic heterocycles. The maximum atomic E-state index is 13.4. The van der Waals surface area contributed by atoms with Crippen molar-refractivity contribution in [3.63, 3.8) is 0 Å². The van der Waals surface area contributed by atoms with E-state index in [1.165, 1.54) is 5.57 Å². The van der Waals surface area contributed by atoms with Crippen LogP contribution in [0.4, 0.5) is 0 Å². The van der Waals surface area contributed by atoms with E-state index in [0.29, 0.717) is 11.1 Å². The van der Waals surface area contributed by atoms with Crippen molar-refractivity contribution >= 4 is 28.7 Å². The zero-order valence-corrected chi connectivity index (χ0v) is 33.9. The molecule has 13 heteroatoms. The Labute approximate surface area is 322 Å². The van der Waals surface area contributed by atoms with Gasteiger partial charge in [0.05, 0.1) is 18.8 Å². The highest BCUT2D eigenvalue weighted by Gasteiger charge is 2.23. The number of esters is 1. The van der Waals surface area contributed by atoms with E-state index >= 15 is 0 Å². The molecular weight excluding hydrogens is 713 g/mol. The highest BCUT2D eigenvalue weighted by molar-refractivity contribution is 7.80. The van der Waals surface area contributed by atoms with Gasteiger partial charge in [0.2, 0.25) is 12.3 Å². The van der Waals surface area contributed by atoms with Crippen LogP contribution in [0.2, 0.25) is 0 Å². The van der Waals surface area contributed by atoms with Gasteiger partial charge in [-0.15, -0.1) is 0 Å². The van der Waals surface area contributed by atoms with Crippen molar-refractivity contribution in [2.75, 3.05) is 27.4 Å². The highest BCUT2D eigenvalue weighted by atomic mass is 32.3. The first-order valence-corrected chi connectivity index (χ1v) is 19.3. The number of ether oxygens (including phenoxy) is 3. The summed E-state index contributed by atoms with van der Waals surface area (Å²) in [6.07, 6.45) is 27.6. The molecule has 0 saturated heterocycles.